The van der Waals surface area contributed by atoms with Crippen molar-refractivity contribution in [1.82, 2.24) is 10.2 Å². The average molecular weight is 232 g/mol. The van der Waals surface area contributed by atoms with Gasteiger partial charge in [0.15, 0.2) is 0 Å². The second-order valence-corrected chi connectivity index (χ2v) is 5.20. The zero-order valence-electron chi connectivity index (χ0n) is 10.0. The molecule has 0 bridgehead atoms. The van der Waals surface area contributed by atoms with Crippen LogP contribution in [0.3, 0.4) is 0 Å². The van der Waals surface area contributed by atoms with E-state index in [0.717, 1.165) is 6.42 Å². The number of nitrogens with zero attached hydrogens (tertiary/aromatic N) is 1. The molecule has 0 aromatic carbocycles. The Hall–Kier alpha value is -0.220. The van der Waals surface area contributed by atoms with E-state index in [9.17, 15) is 8.78 Å². The van der Waals surface area contributed by atoms with Crippen molar-refractivity contribution in [3.8, 4) is 0 Å². The van der Waals surface area contributed by atoms with E-state index in [0.29, 0.717) is 25.2 Å². The Morgan fingerprint density at radius 3 is 2.50 bits per heavy atom. The molecule has 0 unspecified atom stereocenters. The highest BCUT2D eigenvalue weighted by Gasteiger charge is 2.37. The third kappa shape index (κ3) is 2.92. The molecule has 1 N–H and O–H groups in total. The summed E-state index contributed by atoms with van der Waals surface area (Å²) >= 11 is 0. The van der Waals surface area contributed by atoms with Gasteiger partial charge in [0.1, 0.15) is 0 Å². The SMILES string of the molecule is CN[C@H]1CCC[C@H](N2CCC(F)(F)CC2)C1. The molecule has 94 valence electrons. The highest BCUT2D eigenvalue weighted by molar-refractivity contribution is 4.87. The van der Waals surface area contributed by atoms with Gasteiger partial charge in [-0.15, -0.1) is 0 Å². The zero-order chi connectivity index (χ0) is 11.6. The molecule has 0 aromatic rings. The zero-order valence-corrected chi connectivity index (χ0v) is 10.0. The summed E-state index contributed by atoms with van der Waals surface area (Å²) in [6, 6.07) is 1.11. The first-order valence-corrected chi connectivity index (χ1v) is 6.40. The molecule has 0 amide bonds. The van der Waals surface area contributed by atoms with Gasteiger partial charge in [-0.2, -0.15) is 0 Å². The van der Waals surface area contributed by atoms with E-state index < -0.39 is 5.92 Å². The largest absolute Gasteiger partial charge is 0.317 e. The van der Waals surface area contributed by atoms with Gasteiger partial charge in [0, 0.05) is 38.0 Å². The maximum absolute atomic E-state index is 13.0. The molecule has 16 heavy (non-hydrogen) atoms. The predicted octanol–water partition coefficient (Wildman–Crippen LogP) is 2.25. The van der Waals surface area contributed by atoms with Crippen LogP contribution in [0.4, 0.5) is 8.78 Å². The molecule has 1 saturated carbocycles. The van der Waals surface area contributed by atoms with Crippen molar-refractivity contribution in [3.05, 3.63) is 0 Å². The van der Waals surface area contributed by atoms with E-state index >= 15 is 0 Å². The molecule has 0 spiro atoms. The van der Waals surface area contributed by atoms with Crippen LogP contribution in [0.1, 0.15) is 38.5 Å². The fraction of sp³-hybridized carbons (Fsp3) is 1.00. The first kappa shape index (κ1) is 12.2. The summed E-state index contributed by atoms with van der Waals surface area (Å²) < 4.78 is 26.1. The van der Waals surface area contributed by atoms with Gasteiger partial charge in [0.2, 0.25) is 0 Å². The molecule has 1 heterocycles. The topological polar surface area (TPSA) is 15.3 Å². The lowest BCUT2D eigenvalue weighted by molar-refractivity contribution is -0.0663. The van der Waals surface area contributed by atoms with Crippen LogP contribution in [0.15, 0.2) is 0 Å². The van der Waals surface area contributed by atoms with Crippen LogP contribution in [0, 0.1) is 0 Å². The number of alkyl halides is 2. The minimum Gasteiger partial charge on any atom is -0.317 e. The van der Waals surface area contributed by atoms with E-state index in [4.69, 9.17) is 0 Å². The Morgan fingerprint density at radius 2 is 1.88 bits per heavy atom. The summed E-state index contributed by atoms with van der Waals surface area (Å²) in [5.74, 6) is -2.41. The van der Waals surface area contributed by atoms with Gasteiger partial charge in [-0.1, -0.05) is 6.42 Å². The van der Waals surface area contributed by atoms with E-state index in [1.165, 1.54) is 19.3 Å². The Morgan fingerprint density at radius 1 is 1.19 bits per heavy atom. The second kappa shape index (κ2) is 4.96. The van der Waals surface area contributed by atoms with Crippen LogP contribution in [0.2, 0.25) is 0 Å². The molecular weight excluding hydrogens is 210 g/mol. The lowest BCUT2D eigenvalue weighted by atomic mass is 9.89. The number of likely N-dealkylation sites (tertiary alicyclic amines) is 1. The van der Waals surface area contributed by atoms with Crippen molar-refractivity contribution in [1.29, 1.82) is 0 Å². The van der Waals surface area contributed by atoms with Crippen LogP contribution in [0.25, 0.3) is 0 Å². The number of halogens is 2. The first-order chi connectivity index (χ1) is 7.61. The lowest BCUT2D eigenvalue weighted by Crippen LogP contribution is -2.48. The molecule has 4 heteroatoms. The Labute approximate surface area is 96.4 Å². The molecule has 1 saturated heterocycles. The molecule has 2 atom stereocenters. The summed E-state index contributed by atoms with van der Waals surface area (Å²) in [5.41, 5.74) is 0. The summed E-state index contributed by atoms with van der Waals surface area (Å²) in [4.78, 5) is 2.28. The number of hydrogen-bond donors (Lipinski definition) is 1. The van der Waals surface area contributed by atoms with Crippen LogP contribution in [0.5, 0.6) is 0 Å². The summed E-state index contributed by atoms with van der Waals surface area (Å²) in [5, 5.41) is 3.31. The van der Waals surface area contributed by atoms with Gasteiger partial charge in [-0.25, -0.2) is 8.78 Å². The van der Waals surface area contributed by atoms with Crippen LogP contribution in [-0.2, 0) is 0 Å². The van der Waals surface area contributed by atoms with E-state index in [1.54, 1.807) is 0 Å². The van der Waals surface area contributed by atoms with Crippen molar-refractivity contribution in [2.24, 2.45) is 0 Å². The minimum absolute atomic E-state index is 0.0493. The average Bonchev–Trinajstić information content (AvgIpc) is 2.29. The van der Waals surface area contributed by atoms with Crippen LogP contribution >= 0.6 is 0 Å². The van der Waals surface area contributed by atoms with E-state index in [2.05, 4.69) is 10.2 Å². The Bertz CT molecular complexity index is 223. The molecule has 2 fully saturated rings. The maximum atomic E-state index is 13.0. The molecule has 2 aliphatic rings. The monoisotopic (exact) mass is 232 g/mol. The summed E-state index contributed by atoms with van der Waals surface area (Å²) in [6.45, 7) is 1.15. The molecular formula is C12H22F2N2. The molecule has 0 aromatic heterocycles. The van der Waals surface area contributed by atoms with Crippen LogP contribution in [-0.4, -0.2) is 43.0 Å². The fourth-order valence-corrected chi connectivity index (χ4v) is 2.97. The second-order valence-electron chi connectivity index (χ2n) is 5.20. The van der Waals surface area contributed by atoms with Gasteiger partial charge in [0.05, 0.1) is 0 Å². The third-order valence-corrected chi connectivity index (χ3v) is 4.10. The molecule has 0 radical (unpaired) electrons. The predicted molar refractivity (Wildman–Crippen MR) is 60.9 cm³/mol. The Kier molecular flexibility index (Phi) is 3.80. The maximum Gasteiger partial charge on any atom is 0.250 e. The van der Waals surface area contributed by atoms with E-state index in [-0.39, 0.29) is 12.8 Å². The standard InChI is InChI=1S/C12H22F2N2/c1-15-10-3-2-4-11(9-10)16-7-5-12(13,14)6-8-16/h10-11,15H,2-9H2,1H3/t10-,11-/m0/s1. The quantitative estimate of drug-likeness (QED) is 0.785. The van der Waals surface area contributed by atoms with Gasteiger partial charge in [-0.3, -0.25) is 4.90 Å². The lowest BCUT2D eigenvalue weighted by Gasteiger charge is -2.41. The number of hydrogen-bond acceptors (Lipinski definition) is 2. The number of rotatable bonds is 2. The van der Waals surface area contributed by atoms with Gasteiger partial charge in [0.25, 0.3) is 5.92 Å². The van der Waals surface area contributed by atoms with Crippen LogP contribution < -0.4 is 5.32 Å². The summed E-state index contributed by atoms with van der Waals surface area (Å²) in [6.07, 6.45) is 4.87. The van der Waals surface area contributed by atoms with Gasteiger partial charge >= 0.3 is 0 Å². The number of piperidine rings is 1. The fourth-order valence-electron chi connectivity index (χ4n) is 2.97. The van der Waals surface area contributed by atoms with Crippen molar-refractivity contribution >= 4 is 0 Å². The third-order valence-electron chi connectivity index (χ3n) is 4.10. The first-order valence-electron chi connectivity index (χ1n) is 6.40. The Balaban J connectivity index is 1.84. The normalized spacial score (nSPS) is 36.2. The van der Waals surface area contributed by atoms with Crippen molar-refractivity contribution in [2.45, 2.75) is 56.5 Å². The molecule has 1 aliphatic carbocycles. The summed E-state index contributed by atoms with van der Waals surface area (Å²) in [7, 11) is 2.00. The van der Waals surface area contributed by atoms with Crippen molar-refractivity contribution in [3.63, 3.8) is 0 Å². The highest BCUT2D eigenvalue weighted by Crippen LogP contribution is 2.31. The molecule has 2 rings (SSSR count). The van der Waals surface area contributed by atoms with E-state index in [1.807, 2.05) is 7.05 Å². The highest BCUT2D eigenvalue weighted by atomic mass is 19.3. The minimum atomic E-state index is -2.41. The molecule has 2 nitrogen and oxygen atoms in total. The molecule has 1 aliphatic heterocycles. The van der Waals surface area contributed by atoms with Crippen molar-refractivity contribution in [2.75, 3.05) is 20.1 Å². The smallest absolute Gasteiger partial charge is 0.250 e. The van der Waals surface area contributed by atoms with Gasteiger partial charge < -0.3 is 5.32 Å². The van der Waals surface area contributed by atoms with Crippen molar-refractivity contribution < 1.29 is 8.78 Å². The van der Waals surface area contributed by atoms with Gasteiger partial charge in [-0.05, 0) is 26.3 Å². The number of nitrogens with one attached hydrogen (secondary N) is 1.